The van der Waals surface area contributed by atoms with E-state index >= 15 is 0 Å². The number of aromatic hydroxyl groups is 1. The molecule has 0 aliphatic carbocycles. The summed E-state index contributed by atoms with van der Waals surface area (Å²) in [5.41, 5.74) is 2.71. The first-order valence-electron chi connectivity index (χ1n) is 10.6. The minimum absolute atomic E-state index is 0.0713. The van der Waals surface area contributed by atoms with Crippen LogP contribution in [0.4, 0.5) is 4.39 Å². The second-order valence-corrected chi connectivity index (χ2v) is 9.12. The molecule has 0 saturated heterocycles. The first kappa shape index (κ1) is 24.0. The monoisotopic (exact) mass is 450 g/mol. The van der Waals surface area contributed by atoms with Gasteiger partial charge in [0.1, 0.15) is 29.7 Å². The summed E-state index contributed by atoms with van der Waals surface area (Å²) in [4.78, 5) is 23.1. The number of ketones is 1. The maximum Gasteiger partial charge on any atom is 0.298 e. The number of hydrogen-bond donors (Lipinski definition) is 1. The summed E-state index contributed by atoms with van der Waals surface area (Å²) in [7, 11) is 0. The van der Waals surface area contributed by atoms with Gasteiger partial charge in [-0.25, -0.2) is 4.39 Å². The molecule has 0 spiro atoms. The molecule has 0 amide bonds. The summed E-state index contributed by atoms with van der Waals surface area (Å²) < 4.78 is 24.6. The molecule has 0 heterocycles. The molecule has 3 rings (SSSR count). The fourth-order valence-corrected chi connectivity index (χ4v) is 3.49. The predicted octanol–water partition coefficient (Wildman–Crippen LogP) is 6.24. The van der Waals surface area contributed by atoms with Gasteiger partial charge in [-0.2, -0.15) is 0 Å². The highest BCUT2D eigenvalue weighted by atomic mass is 19.1. The van der Waals surface area contributed by atoms with E-state index in [1.807, 2.05) is 45.0 Å². The summed E-state index contributed by atoms with van der Waals surface area (Å²) >= 11 is 0. The molecule has 6 heteroatoms. The SMILES string of the molecule is Cc1c(OCc2cccc(-c3cc(F)cc(OC=O)c3)c2)ccc(C(=O)CC(C)(C)C)c1O. The Hall–Kier alpha value is -3.67. The smallest absolute Gasteiger partial charge is 0.298 e. The fraction of sp³-hybridized carbons (Fsp3) is 0.259. The molecular formula is C27H27FO5. The Morgan fingerprint density at radius 2 is 1.82 bits per heavy atom. The van der Waals surface area contributed by atoms with Crippen molar-refractivity contribution in [2.75, 3.05) is 0 Å². The number of carbonyl (C=O) groups is 2. The second kappa shape index (κ2) is 9.86. The maximum absolute atomic E-state index is 13.9. The van der Waals surface area contributed by atoms with Crippen LogP contribution in [-0.2, 0) is 11.4 Å². The quantitative estimate of drug-likeness (QED) is 0.325. The standard InChI is InChI=1S/C27H27FO5/c1-17-25(9-8-23(26(17)31)24(30)14-27(2,3)4)32-15-18-6-5-7-19(10-18)20-11-21(28)13-22(12-20)33-16-29/h5-13,16,31H,14-15H2,1-4H3. The van der Waals surface area contributed by atoms with Crippen LogP contribution in [0, 0.1) is 18.2 Å². The molecule has 0 atom stereocenters. The lowest BCUT2D eigenvalue weighted by Crippen LogP contribution is -2.13. The van der Waals surface area contributed by atoms with E-state index in [1.54, 1.807) is 25.1 Å². The van der Waals surface area contributed by atoms with Gasteiger partial charge in [-0.1, -0.05) is 39.0 Å². The molecule has 3 aromatic carbocycles. The van der Waals surface area contributed by atoms with Crippen molar-refractivity contribution in [3.8, 4) is 28.4 Å². The molecule has 0 bridgehead atoms. The van der Waals surface area contributed by atoms with Crippen LogP contribution in [0.15, 0.2) is 54.6 Å². The highest BCUT2D eigenvalue weighted by Crippen LogP contribution is 2.34. The van der Waals surface area contributed by atoms with Gasteiger partial charge in [0.25, 0.3) is 6.47 Å². The summed E-state index contributed by atoms with van der Waals surface area (Å²) in [6.45, 7) is 8.08. The lowest BCUT2D eigenvalue weighted by Gasteiger charge is -2.18. The molecule has 5 nitrogen and oxygen atoms in total. The van der Waals surface area contributed by atoms with Crippen molar-refractivity contribution in [1.82, 2.24) is 0 Å². The summed E-state index contributed by atoms with van der Waals surface area (Å²) in [5, 5.41) is 10.6. The van der Waals surface area contributed by atoms with Gasteiger partial charge < -0.3 is 14.6 Å². The van der Waals surface area contributed by atoms with Crippen LogP contribution in [0.25, 0.3) is 11.1 Å². The van der Waals surface area contributed by atoms with Gasteiger partial charge in [0, 0.05) is 18.1 Å². The van der Waals surface area contributed by atoms with Gasteiger partial charge in [-0.3, -0.25) is 9.59 Å². The van der Waals surface area contributed by atoms with E-state index in [0.29, 0.717) is 23.3 Å². The topological polar surface area (TPSA) is 72.8 Å². The Morgan fingerprint density at radius 3 is 2.52 bits per heavy atom. The molecule has 3 aromatic rings. The molecule has 0 fully saturated rings. The highest BCUT2D eigenvalue weighted by molar-refractivity contribution is 5.99. The average molecular weight is 451 g/mol. The van der Waals surface area contributed by atoms with Crippen LogP contribution in [0.3, 0.4) is 0 Å². The number of rotatable bonds is 8. The molecule has 0 aromatic heterocycles. The van der Waals surface area contributed by atoms with E-state index in [-0.39, 0.29) is 41.3 Å². The number of hydrogen-bond acceptors (Lipinski definition) is 5. The van der Waals surface area contributed by atoms with Gasteiger partial charge in [-0.05, 0) is 59.4 Å². The zero-order valence-corrected chi connectivity index (χ0v) is 19.1. The minimum atomic E-state index is -0.516. The van der Waals surface area contributed by atoms with Crippen LogP contribution in [0.5, 0.6) is 17.2 Å². The zero-order chi connectivity index (χ0) is 24.2. The van der Waals surface area contributed by atoms with E-state index in [2.05, 4.69) is 0 Å². The van der Waals surface area contributed by atoms with Crippen LogP contribution in [0.2, 0.25) is 0 Å². The van der Waals surface area contributed by atoms with Crippen molar-refractivity contribution < 1.29 is 28.6 Å². The number of halogens is 1. The summed E-state index contributed by atoms with van der Waals surface area (Å²) in [6.07, 6.45) is 0.326. The van der Waals surface area contributed by atoms with Gasteiger partial charge in [0.15, 0.2) is 5.78 Å². The first-order valence-corrected chi connectivity index (χ1v) is 10.6. The van der Waals surface area contributed by atoms with Crippen LogP contribution >= 0.6 is 0 Å². The Morgan fingerprint density at radius 1 is 1.06 bits per heavy atom. The van der Waals surface area contributed by atoms with Crippen molar-refractivity contribution in [3.63, 3.8) is 0 Å². The van der Waals surface area contributed by atoms with Gasteiger partial charge in [0.05, 0.1) is 5.56 Å². The van der Waals surface area contributed by atoms with Crippen molar-refractivity contribution in [2.45, 2.75) is 40.7 Å². The van der Waals surface area contributed by atoms with E-state index in [1.165, 1.54) is 6.07 Å². The van der Waals surface area contributed by atoms with E-state index in [9.17, 15) is 19.1 Å². The number of benzene rings is 3. The molecule has 33 heavy (non-hydrogen) atoms. The Labute approximate surface area is 192 Å². The van der Waals surface area contributed by atoms with Gasteiger partial charge in [-0.15, -0.1) is 0 Å². The van der Waals surface area contributed by atoms with Crippen LogP contribution < -0.4 is 9.47 Å². The van der Waals surface area contributed by atoms with Gasteiger partial charge >= 0.3 is 0 Å². The second-order valence-electron chi connectivity index (χ2n) is 9.12. The average Bonchev–Trinajstić information content (AvgIpc) is 2.73. The highest BCUT2D eigenvalue weighted by Gasteiger charge is 2.21. The molecule has 172 valence electrons. The maximum atomic E-state index is 13.9. The molecule has 0 aliphatic rings. The first-order chi connectivity index (χ1) is 15.6. The lowest BCUT2D eigenvalue weighted by molar-refractivity contribution is -0.120. The Kier molecular flexibility index (Phi) is 7.16. The number of carbonyl (C=O) groups excluding carboxylic acids is 2. The van der Waals surface area contributed by atoms with E-state index < -0.39 is 5.82 Å². The van der Waals surface area contributed by atoms with Crippen molar-refractivity contribution >= 4 is 12.3 Å². The van der Waals surface area contributed by atoms with Gasteiger partial charge in [0.2, 0.25) is 0 Å². The van der Waals surface area contributed by atoms with E-state index in [0.717, 1.165) is 17.2 Å². The lowest BCUT2D eigenvalue weighted by atomic mass is 9.87. The summed E-state index contributed by atoms with van der Waals surface area (Å²) in [6, 6.07) is 14.7. The predicted molar refractivity (Wildman–Crippen MR) is 124 cm³/mol. The molecule has 1 N–H and O–H groups in total. The Balaban J connectivity index is 1.78. The molecular weight excluding hydrogens is 423 g/mol. The largest absolute Gasteiger partial charge is 0.507 e. The zero-order valence-electron chi connectivity index (χ0n) is 19.1. The molecule has 0 unspecified atom stereocenters. The third-order valence-corrected chi connectivity index (χ3v) is 5.08. The van der Waals surface area contributed by atoms with Crippen molar-refractivity contribution in [1.29, 1.82) is 0 Å². The molecule has 0 radical (unpaired) electrons. The third kappa shape index (κ3) is 6.19. The Bertz CT molecular complexity index is 1180. The number of Topliss-reactive ketones (excluding diaryl/α,β-unsaturated/α-hetero) is 1. The molecule has 0 aliphatic heterocycles. The minimum Gasteiger partial charge on any atom is -0.507 e. The number of ether oxygens (including phenoxy) is 2. The summed E-state index contributed by atoms with van der Waals surface area (Å²) in [5.74, 6) is -0.113. The van der Waals surface area contributed by atoms with Crippen LogP contribution in [0.1, 0.15) is 48.7 Å². The molecule has 0 saturated carbocycles. The number of phenols is 1. The third-order valence-electron chi connectivity index (χ3n) is 5.08. The van der Waals surface area contributed by atoms with E-state index in [4.69, 9.17) is 9.47 Å². The number of phenolic OH excluding ortho intramolecular Hbond substituents is 1. The normalized spacial score (nSPS) is 11.2. The van der Waals surface area contributed by atoms with Crippen molar-refractivity contribution in [2.24, 2.45) is 5.41 Å². The van der Waals surface area contributed by atoms with Crippen molar-refractivity contribution in [3.05, 3.63) is 77.1 Å². The van der Waals surface area contributed by atoms with Crippen LogP contribution in [-0.4, -0.2) is 17.4 Å². The fourth-order valence-electron chi connectivity index (χ4n) is 3.49.